The van der Waals surface area contributed by atoms with E-state index in [4.69, 9.17) is 20.9 Å². The zero-order valence-corrected chi connectivity index (χ0v) is 17.9. The molecule has 0 saturated heterocycles. The van der Waals surface area contributed by atoms with Crippen LogP contribution in [-0.2, 0) is 0 Å². The summed E-state index contributed by atoms with van der Waals surface area (Å²) in [7, 11) is 1.61. The number of methoxy groups -OCH3 is 1. The molecule has 1 aliphatic heterocycles. The van der Waals surface area contributed by atoms with Gasteiger partial charge in [-0.25, -0.2) is 4.79 Å². The van der Waals surface area contributed by atoms with Crippen LogP contribution in [0.2, 0.25) is 5.02 Å². The van der Waals surface area contributed by atoms with Crippen LogP contribution in [0.15, 0.2) is 71.4 Å². The highest BCUT2D eigenvalue weighted by atomic mass is 35.5. The van der Waals surface area contributed by atoms with Crippen LogP contribution in [0.25, 0.3) is 17.0 Å². The van der Waals surface area contributed by atoms with E-state index in [2.05, 4.69) is 22.0 Å². The number of nitrogens with one attached hydrogen (secondary N) is 1. The number of hydrogen-bond donors (Lipinski definition) is 1. The lowest BCUT2D eigenvalue weighted by Crippen LogP contribution is -2.46. The molecule has 0 bridgehead atoms. The molecule has 0 radical (unpaired) electrons. The first-order chi connectivity index (χ1) is 15.0. The molecule has 1 aliphatic rings. The standard InChI is InChI=1S/C23H21ClN4O3/c1-4-12-28-14(2)19(20(25-23(28)29)15-8-10-18(30-3)11-9-15)22-26-21(27-31-22)16-6-5-7-17(24)13-16/h4-11,13,20H,1,12H2,2-3H3,(H,25,29). The van der Waals surface area contributed by atoms with E-state index in [1.54, 1.807) is 30.2 Å². The summed E-state index contributed by atoms with van der Waals surface area (Å²) < 4.78 is 10.9. The van der Waals surface area contributed by atoms with Crippen LogP contribution in [-0.4, -0.2) is 34.7 Å². The Morgan fingerprint density at radius 2 is 2.06 bits per heavy atom. The molecule has 0 saturated carbocycles. The molecular weight excluding hydrogens is 416 g/mol. The maximum Gasteiger partial charge on any atom is 0.322 e. The number of amides is 2. The van der Waals surface area contributed by atoms with E-state index in [-0.39, 0.29) is 6.03 Å². The van der Waals surface area contributed by atoms with E-state index in [0.29, 0.717) is 34.6 Å². The van der Waals surface area contributed by atoms with E-state index in [0.717, 1.165) is 16.9 Å². The van der Waals surface area contributed by atoms with Gasteiger partial charge in [0.15, 0.2) is 0 Å². The van der Waals surface area contributed by atoms with Crippen molar-refractivity contribution in [3.8, 4) is 17.1 Å². The smallest absolute Gasteiger partial charge is 0.322 e. The Morgan fingerprint density at radius 3 is 2.74 bits per heavy atom. The van der Waals surface area contributed by atoms with Gasteiger partial charge < -0.3 is 14.6 Å². The van der Waals surface area contributed by atoms with E-state index in [9.17, 15) is 4.79 Å². The number of aromatic nitrogens is 2. The van der Waals surface area contributed by atoms with E-state index < -0.39 is 6.04 Å². The van der Waals surface area contributed by atoms with Crippen molar-refractivity contribution in [2.75, 3.05) is 13.7 Å². The fourth-order valence-corrected chi connectivity index (χ4v) is 3.72. The molecule has 2 heterocycles. The van der Waals surface area contributed by atoms with Crippen molar-refractivity contribution in [3.63, 3.8) is 0 Å². The Balaban J connectivity index is 1.81. The number of hydrogen-bond acceptors (Lipinski definition) is 5. The van der Waals surface area contributed by atoms with Crippen molar-refractivity contribution in [2.45, 2.75) is 13.0 Å². The van der Waals surface area contributed by atoms with Crippen LogP contribution >= 0.6 is 11.6 Å². The van der Waals surface area contributed by atoms with Crippen molar-refractivity contribution in [1.82, 2.24) is 20.4 Å². The number of ether oxygens (including phenoxy) is 1. The van der Waals surface area contributed by atoms with Gasteiger partial charge in [0.25, 0.3) is 5.89 Å². The predicted octanol–water partition coefficient (Wildman–Crippen LogP) is 5.08. The first-order valence-corrected chi connectivity index (χ1v) is 10.0. The van der Waals surface area contributed by atoms with Gasteiger partial charge in [-0.2, -0.15) is 4.98 Å². The molecular formula is C23H21ClN4O3. The SMILES string of the molecule is C=CCN1C(=O)NC(c2ccc(OC)cc2)C(c2nc(-c3cccc(Cl)c3)no2)=C1C. The molecule has 4 rings (SSSR count). The highest BCUT2D eigenvalue weighted by molar-refractivity contribution is 6.30. The Kier molecular flexibility index (Phi) is 5.77. The zero-order valence-electron chi connectivity index (χ0n) is 17.1. The summed E-state index contributed by atoms with van der Waals surface area (Å²) in [6.07, 6.45) is 1.67. The Hall–Kier alpha value is -3.58. The van der Waals surface area contributed by atoms with Gasteiger partial charge in [0.2, 0.25) is 5.82 Å². The van der Waals surface area contributed by atoms with Crippen LogP contribution in [0, 0.1) is 0 Å². The monoisotopic (exact) mass is 436 g/mol. The Labute approximate surface area is 185 Å². The normalized spacial score (nSPS) is 16.3. The molecule has 0 fully saturated rings. The Bertz CT molecular complexity index is 1150. The number of carbonyl (C=O) groups is 1. The second-order valence-corrected chi connectivity index (χ2v) is 7.42. The minimum Gasteiger partial charge on any atom is -0.497 e. The summed E-state index contributed by atoms with van der Waals surface area (Å²) in [6, 6.07) is 14.0. The fraction of sp³-hybridized carbons (Fsp3) is 0.174. The number of nitrogens with zero attached hydrogens (tertiary/aromatic N) is 3. The molecule has 0 aliphatic carbocycles. The molecule has 3 aromatic rings. The third-order valence-corrected chi connectivity index (χ3v) is 5.33. The summed E-state index contributed by atoms with van der Waals surface area (Å²) in [4.78, 5) is 19.0. The molecule has 31 heavy (non-hydrogen) atoms. The van der Waals surface area contributed by atoms with Gasteiger partial charge in [-0.05, 0) is 36.8 Å². The number of halogens is 1. The average molecular weight is 437 g/mol. The first kappa shape index (κ1) is 20.7. The average Bonchev–Trinajstić information content (AvgIpc) is 3.26. The topological polar surface area (TPSA) is 80.5 Å². The van der Waals surface area contributed by atoms with Gasteiger partial charge in [0, 0.05) is 22.8 Å². The quantitative estimate of drug-likeness (QED) is 0.545. The maximum atomic E-state index is 12.8. The van der Waals surface area contributed by atoms with Gasteiger partial charge in [-0.3, -0.25) is 4.90 Å². The summed E-state index contributed by atoms with van der Waals surface area (Å²) in [5, 5.41) is 7.75. The van der Waals surface area contributed by atoms with Crippen molar-refractivity contribution >= 4 is 23.2 Å². The third-order valence-electron chi connectivity index (χ3n) is 5.10. The van der Waals surface area contributed by atoms with Gasteiger partial charge in [0.05, 0.1) is 18.7 Å². The number of carbonyl (C=O) groups excluding carboxylic acids is 1. The van der Waals surface area contributed by atoms with Crippen molar-refractivity contribution in [3.05, 3.63) is 83.4 Å². The number of allylic oxidation sites excluding steroid dienone is 1. The summed E-state index contributed by atoms with van der Waals surface area (Å²) in [5.74, 6) is 1.46. The molecule has 1 unspecified atom stereocenters. The largest absolute Gasteiger partial charge is 0.497 e. The van der Waals surface area contributed by atoms with Crippen LogP contribution in [0.5, 0.6) is 5.75 Å². The van der Waals surface area contributed by atoms with Crippen molar-refractivity contribution in [1.29, 1.82) is 0 Å². The minimum absolute atomic E-state index is 0.225. The molecule has 2 amide bonds. The van der Waals surface area contributed by atoms with Crippen LogP contribution in [0.4, 0.5) is 4.79 Å². The van der Waals surface area contributed by atoms with Crippen molar-refractivity contribution < 1.29 is 14.1 Å². The fourth-order valence-electron chi connectivity index (χ4n) is 3.53. The third kappa shape index (κ3) is 4.04. The lowest BCUT2D eigenvalue weighted by atomic mass is 9.94. The first-order valence-electron chi connectivity index (χ1n) is 9.65. The van der Waals surface area contributed by atoms with Gasteiger partial charge in [-0.15, -0.1) is 6.58 Å². The van der Waals surface area contributed by atoms with Gasteiger partial charge in [-0.1, -0.05) is 47.1 Å². The highest BCUT2D eigenvalue weighted by Gasteiger charge is 2.35. The lowest BCUT2D eigenvalue weighted by molar-refractivity contribution is 0.209. The second kappa shape index (κ2) is 8.65. The number of benzene rings is 2. The van der Waals surface area contributed by atoms with Crippen molar-refractivity contribution in [2.24, 2.45) is 0 Å². The predicted molar refractivity (Wildman–Crippen MR) is 119 cm³/mol. The van der Waals surface area contributed by atoms with E-state index in [1.807, 2.05) is 43.3 Å². The maximum absolute atomic E-state index is 12.8. The van der Waals surface area contributed by atoms with E-state index in [1.165, 1.54) is 0 Å². The minimum atomic E-state index is -0.466. The summed E-state index contributed by atoms with van der Waals surface area (Å²) in [6.45, 7) is 5.96. The van der Waals surface area contributed by atoms with E-state index >= 15 is 0 Å². The van der Waals surface area contributed by atoms with Gasteiger partial charge >= 0.3 is 6.03 Å². The van der Waals surface area contributed by atoms with Crippen LogP contribution in [0.1, 0.15) is 24.4 Å². The second-order valence-electron chi connectivity index (χ2n) is 6.99. The summed E-state index contributed by atoms with van der Waals surface area (Å²) >= 11 is 6.10. The molecule has 2 aromatic carbocycles. The highest BCUT2D eigenvalue weighted by Crippen LogP contribution is 2.37. The molecule has 0 spiro atoms. The summed E-state index contributed by atoms with van der Waals surface area (Å²) in [5.41, 5.74) is 3.03. The number of urea groups is 1. The van der Waals surface area contributed by atoms with Crippen LogP contribution in [0.3, 0.4) is 0 Å². The molecule has 1 aromatic heterocycles. The number of rotatable bonds is 6. The van der Waals surface area contributed by atoms with Crippen LogP contribution < -0.4 is 10.1 Å². The molecule has 8 heteroatoms. The molecule has 158 valence electrons. The molecule has 1 atom stereocenters. The molecule has 7 nitrogen and oxygen atoms in total. The lowest BCUT2D eigenvalue weighted by Gasteiger charge is -2.34. The zero-order chi connectivity index (χ0) is 22.0. The van der Waals surface area contributed by atoms with Gasteiger partial charge in [0.1, 0.15) is 5.75 Å². The Morgan fingerprint density at radius 1 is 1.29 bits per heavy atom. The molecule has 1 N–H and O–H groups in total.